The zero-order valence-electron chi connectivity index (χ0n) is 8.41. The number of urea groups is 1. The van der Waals surface area contributed by atoms with E-state index in [1.807, 2.05) is 7.05 Å². The van der Waals surface area contributed by atoms with Crippen molar-refractivity contribution >= 4 is 18.4 Å². The quantitative estimate of drug-likeness (QED) is 0.675. The normalized spacial score (nSPS) is 20.7. The van der Waals surface area contributed by atoms with Crippen LogP contribution < -0.4 is 5.32 Å². The van der Waals surface area contributed by atoms with E-state index in [4.69, 9.17) is 0 Å². The molecule has 0 aromatic carbocycles. The van der Waals surface area contributed by atoms with Crippen molar-refractivity contribution in [1.82, 2.24) is 15.1 Å². The summed E-state index contributed by atoms with van der Waals surface area (Å²) < 4.78 is 0. The molecular weight excluding hydrogens is 190 g/mol. The van der Waals surface area contributed by atoms with Gasteiger partial charge in [-0.3, -0.25) is 0 Å². The average molecular weight is 208 g/mol. The highest BCUT2D eigenvalue weighted by Crippen LogP contribution is 2.07. The lowest BCUT2D eigenvalue weighted by Crippen LogP contribution is -2.43. The van der Waals surface area contributed by atoms with Gasteiger partial charge in [0.25, 0.3) is 0 Å². The Hall–Kier alpha value is -0.480. The van der Waals surface area contributed by atoms with Crippen LogP contribution in [0.15, 0.2) is 0 Å². The molecule has 1 unspecified atom stereocenters. The molecule has 2 amide bonds. The Morgan fingerprint density at radius 3 is 2.38 bits per heavy atom. The first-order chi connectivity index (χ1) is 5.63. The van der Waals surface area contributed by atoms with Crippen LogP contribution in [0.1, 0.15) is 6.42 Å². The number of nitrogens with zero attached hydrogens (tertiary/aromatic N) is 2. The first-order valence-electron chi connectivity index (χ1n) is 4.27. The smallest absolute Gasteiger partial charge is 0.319 e. The molecule has 78 valence electrons. The number of carbonyl (C=O) groups is 1. The second kappa shape index (κ2) is 5.29. The summed E-state index contributed by atoms with van der Waals surface area (Å²) in [6.07, 6.45) is 1.07. The molecule has 0 saturated carbocycles. The summed E-state index contributed by atoms with van der Waals surface area (Å²) in [6, 6.07) is 0.462. The molecule has 0 radical (unpaired) electrons. The predicted molar refractivity (Wildman–Crippen MR) is 55.4 cm³/mol. The average Bonchev–Trinajstić information content (AvgIpc) is 2.53. The van der Waals surface area contributed by atoms with Gasteiger partial charge in [0.05, 0.1) is 0 Å². The lowest BCUT2D eigenvalue weighted by atomic mass is 10.2. The van der Waals surface area contributed by atoms with Gasteiger partial charge in [0.2, 0.25) is 0 Å². The zero-order valence-corrected chi connectivity index (χ0v) is 9.23. The highest BCUT2D eigenvalue weighted by atomic mass is 35.5. The maximum absolute atomic E-state index is 11.5. The molecule has 4 nitrogen and oxygen atoms in total. The lowest BCUT2D eigenvalue weighted by Gasteiger charge is -2.26. The van der Waals surface area contributed by atoms with Crippen molar-refractivity contribution in [2.75, 3.05) is 34.2 Å². The number of carbonyl (C=O) groups excluding carboxylic acids is 1. The Bertz CT molecular complexity index is 169. The van der Waals surface area contributed by atoms with Crippen molar-refractivity contribution in [3.05, 3.63) is 0 Å². The topological polar surface area (TPSA) is 35.6 Å². The highest BCUT2D eigenvalue weighted by molar-refractivity contribution is 5.85. The van der Waals surface area contributed by atoms with Gasteiger partial charge in [-0.1, -0.05) is 0 Å². The monoisotopic (exact) mass is 207 g/mol. The Morgan fingerprint density at radius 2 is 2.00 bits per heavy atom. The molecule has 0 aliphatic carbocycles. The van der Waals surface area contributed by atoms with Gasteiger partial charge in [-0.25, -0.2) is 4.79 Å². The molecule has 0 bridgehead atoms. The van der Waals surface area contributed by atoms with Gasteiger partial charge >= 0.3 is 6.03 Å². The Labute approximate surface area is 85.7 Å². The largest absolute Gasteiger partial charge is 0.331 e. The number of rotatable bonds is 1. The van der Waals surface area contributed by atoms with Crippen molar-refractivity contribution in [1.29, 1.82) is 0 Å². The molecule has 0 spiro atoms. The molecule has 1 saturated heterocycles. The molecule has 1 N–H and O–H groups in total. The van der Waals surface area contributed by atoms with E-state index in [9.17, 15) is 4.79 Å². The Balaban J connectivity index is 0.00000144. The van der Waals surface area contributed by atoms with Crippen molar-refractivity contribution in [2.45, 2.75) is 12.5 Å². The fraction of sp³-hybridized carbons (Fsp3) is 0.875. The van der Waals surface area contributed by atoms with Crippen LogP contribution >= 0.6 is 12.4 Å². The minimum atomic E-state index is 0. The van der Waals surface area contributed by atoms with Gasteiger partial charge in [-0.15, -0.1) is 12.4 Å². The van der Waals surface area contributed by atoms with Crippen LogP contribution in [0.5, 0.6) is 0 Å². The van der Waals surface area contributed by atoms with Crippen LogP contribution in [0.3, 0.4) is 0 Å². The summed E-state index contributed by atoms with van der Waals surface area (Å²) in [7, 11) is 5.42. The molecule has 1 aliphatic rings. The minimum Gasteiger partial charge on any atom is -0.331 e. The molecule has 1 atom stereocenters. The Morgan fingerprint density at radius 1 is 1.38 bits per heavy atom. The third kappa shape index (κ3) is 3.04. The van der Waals surface area contributed by atoms with E-state index in [0.29, 0.717) is 6.04 Å². The SMILES string of the molecule is CN(C)C(=O)N(C)C1CCNC1.Cl. The van der Waals surface area contributed by atoms with Crippen LogP contribution in [0, 0.1) is 0 Å². The summed E-state index contributed by atoms with van der Waals surface area (Å²) in [6.45, 7) is 1.95. The number of nitrogens with one attached hydrogen (secondary N) is 1. The van der Waals surface area contributed by atoms with Crippen molar-refractivity contribution in [3.8, 4) is 0 Å². The third-order valence-corrected chi connectivity index (χ3v) is 2.27. The summed E-state index contributed by atoms with van der Waals surface area (Å²) in [5.74, 6) is 0. The van der Waals surface area contributed by atoms with Crippen LogP contribution in [-0.2, 0) is 0 Å². The Kier molecular flexibility index (Phi) is 5.10. The summed E-state index contributed by atoms with van der Waals surface area (Å²) >= 11 is 0. The zero-order chi connectivity index (χ0) is 9.14. The second-order valence-corrected chi connectivity index (χ2v) is 3.43. The number of likely N-dealkylation sites (N-methyl/N-ethyl adjacent to an activating group) is 1. The van der Waals surface area contributed by atoms with Gasteiger partial charge in [-0.05, 0) is 13.0 Å². The first-order valence-corrected chi connectivity index (χ1v) is 4.27. The van der Waals surface area contributed by atoms with Crippen molar-refractivity contribution in [2.24, 2.45) is 0 Å². The summed E-state index contributed by atoms with van der Waals surface area (Å²) in [4.78, 5) is 14.9. The third-order valence-electron chi connectivity index (χ3n) is 2.27. The van der Waals surface area contributed by atoms with E-state index in [1.54, 1.807) is 23.9 Å². The van der Waals surface area contributed by atoms with E-state index in [2.05, 4.69) is 5.32 Å². The molecule has 1 rings (SSSR count). The molecule has 1 heterocycles. The molecule has 0 aromatic heterocycles. The van der Waals surface area contributed by atoms with Gasteiger partial charge in [-0.2, -0.15) is 0 Å². The van der Waals surface area contributed by atoms with E-state index in [-0.39, 0.29) is 18.4 Å². The predicted octanol–water partition coefficient (Wildman–Crippen LogP) is 0.384. The number of amides is 2. The molecule has 1 fully saturated rings. The first kappa shape index (κ1) is 12.5. The second-order valence-electron chi connectivity index (χ2n) is 3.43. The summed E-state index contributed by atoms with van der Waals surface area (Å²) in [5, 5.41) is 3.23. The van der Waals surface area contributed by atoms with Gasteiger partial charge in [0.15, 0.2) is 0 Å². The lowest BCUT2D eigenvalue weighted by molar-refractivity contribution is 0.167. The minimum absolute atomic E-state index is 0. The van der Waals surface area contributed by atoms with E-state index >= 15 is 0 Å². The van der Waals surface area contributed by atoms with Crippen LogP contribution in [-0.4, -0.2) is 56.1 Å². The maximum atomic E-state index is 11.5. The van der Waals surface area contributed by atoms with Crippen LogP contribution in [0.25, 0.3) is 0 Å². The van der Waals surface area contributed by atoms with Crippen LogP contribution in [0.2, 0.25) is 0 Å². The van der Waals surface area contributed by atoms with E-state index in [1.165, 1.54) is 0 Å². The molecule has 1 aliphatic heterocycles. The number of hydrogen-bond acceptors (Lipinski definition) is 2. The summed E-state index contributed by atoms with van der Waals surface area (Å²) in [5.41, 5.74) is 0. The fourth-order valence-corrected chi connectivity index (χ4v) is 1.44. The molecule has 13 heavy (non-hydrogen) atoms. The highest BCUT2D eigenvalue weighted by Gasteiger charge is 2.23. The number of hydrogen-bond donors (Lipinski definition) is 1. The number of halogens is 1. The molecular formula is C8H18ClN3O. The molecule has 5 heteroatoms. The van der Waals surface area contributed by atoms with Crippen molar-refractivity contribution < 1.29 is 4.79 Å². The standard InChI is InChI=1S/C8H17N3O.ClH/c1-10(2)8(12)11(3)7-4-5-9-6-7;/h7,9H,4-6H2,1-3H3;1H. The van der Waals surface area contributed by atoms with Gasteiger partial charge in [0.1, 0.15) is 0 Å². The van der Waals surface area contributed by atoms with Crippen molar-refractivity contribution in [3.63, 3.8) is 0 Å². The fourth-order valence-electron chi connectivity index (χ4n) is 1.44. The molecule has 0 aromatic rings. The van der Waals surface area contributed by atoms with E-state index in [0.717, 1.165) is 19.5 Å². The van der Waals surface area contributed by atoms with Gasteiger partial charge in [0, 0.05) is 33.7 Å². The maximum Gasteiger partial charge on any atom is 0.319 e. The van der Waals surface area contributed by atoms with Gasteiger partial charge < -0.3 is 15.1 Å². The van der Waals surface area contributed by atoms with E-state index < -0.39 is 0 Å². The van der Waals surface area contributed by atoms with Crippen LogP contribution in [0.4, 0.5) is 4.79 Å².